The number of pyridine rings is 1. The SMILES string of the molecule is CC1CCCCCN1c1cccc(CNC(C)(C)C)n1. The van der Waals surface area contributed by atoms with E-state index >= 15 is 0 Å². The predicted octanol–water partition coefficient (Wildman–Crippen LogP) is 3.74. The standard InChI is InChI=1S/C17H29N3/c1-14-9-6-5-7-12-20(14)16-11-8-10-15(19-16)13-18-17(2,3)4/h8,10-11,14,18H,5-7,9,12-13H2,1-4H3. The van der Waals surface area contributed by atoms with Gasteiger partial charge in [-0.3, -0.25) is 0 Å². The molecular weight excluding hydrogens is 246 g/mol. The first-order chi connectivity index (χ1) is 9.46. The van der Waals surface area contributed by atoms with Crippen LogP contribution < -0.4 is 10.2 Å². The first kappa shape index (κ1) is 15.3. The predicted molar refractivity (Wildman–Crippen MR) is 86.1 cm³/mol. The van der Waals surface area contributed by atoms with E-state index in [-0.39, 0.29) is 5.54 Å². The van der Waals surface area contributed by atoms with Crippen LogP contribution in [0.25, 0.3) is 0 Å². The largest absolute Gasteiger partial charge is 0.354 e. The van der Waals surface area contributed by atoms with Crippen molar-refractivity contribution in [2.45, 2.75) is 71.5 Å². The van der Waals surface area contributed by atoms with Gasteiger partial charge in [-0.1, -0.05) is 18.9 Å². The summed E-state index contributed by atoms with van der Waals surface area (Å²) >= 11 is 0. The maximum Gasteiger partial charge on any atom is 0.129 e. The lowest BCUT2D eigenvalue weighted by Gasteiger charge is -2.29. The van der Waals surface area contributed by atoms with Gasteiger partial charge in [0.05, 0.1) is 5.69 Å². The molecule has 0 spiro atoms. The molecule has 1 aromatic heterocycles. The summed E-state index contributed by atoms with van der Waals surface area (Å²) in [6, 6.07) is 7.02. The van der Waals surface area contributed by atoms with E-state index in [2.05, 4.69) is 56.1 Å². The third kappa shape index (κ3) is 4.48. The van der Waals surface area contributed by atoms with E-state index in [1.165, 1.54) is 25.7 Å². The van der Waals surface area contributed by atoms with Crippen molar-refractivity contribution in [1.29, 1.82) is 0 Å². The van der Waals surface area contributed by atoms with Crippen LogP contribution in [0.2, 0.25) is 0 Å². The van der Waals surface area contributed by atoms with Crippen molar-refractivity contribution in [2.24, 2.45) is 0 Å². The van der Waals surface area contributed by atoms with Crippen molar-refractivity contribution in [2.75, 3.05) is 11.4 Å². The third-order valence-corrected chi connectivity index (χ3v) is 3.94. The van der Waals surface area contributed by atoms with Gasteiger partial charge in [0.1, 0.15) is 5.82 Å². The van der Waals surface area contributed by atoms with Gasteiger partial charge in [-0.15, -0.1) is 0 Å². The fourth-order valence-corrected chi connectivity index (χ4v) is 2.70. The van der Waals surface area contributed by atoms with Gasteiger partial charge >= 0.3 is 0 Å². The van der Waals surface area contributed by atoms with Gasteiger partial charge in [0.15, 0.2) is 0 Å². The molecule has 1 saturated heterocycles. The molecule has 0 saturated carbocycles. The summed E-state index contributed by atoms with van der Waals surface area (Å²) in [6.07, 6.45) is 5.28. The van der Waals surface area contributed by atoms with Gasteiger partial charge in [0.2, 0.25) is 0 Å². The summed E-state index contributed by atoms with van der Waals surface area (Å²) in [5.74, 6) is 1.15. The second-order valence-electron chi connectivity index (χ2n) is 6.98. The Morgan fingerprint density at radius 1 is 1.25 bits per heavy atom. The summed E-state index contributed by atoms with van der Waals surface area (Å²) in [5.41, 5.74) is 1.27. The maximum absolute atomic E-state index is 4.85. The quantitative estimate of drug-likeness (QED) is 0.911. The molecule has 0 amide bonds. The molecule has 3 nitrogen and oxygen atoms in total. The lowest BCUT2D eigenvalue weighted by atomic mass is 10.1. The molecule has 0 aliphatic carbocycles. The Hall–Kier alpha value is -1.09. The minimum atomic E-state index is 0.133. The highest BCUT2D eigenvalue weighted by Crippen LogP contribution is 2.22. The number of aromatic nitrogens is 1. The van der Waals surface area contributed by atoms with Crippen molar-refractivity contribution >= 4 is 5.82 Å². The Bertz CT molecular complexity index is 422. The lowest BCUT2D eigenvalue weighted by Crippen LogP contribution is -2.36. The molecule has 2 heterocycles. The number of anilines is 1. The van der Waals surface area contributed by atoms with E-state index in [4.69, 9.17) is 4.98 Å². The summed E-state index contributed by atoms with van der Waals surface area (Å²) in [7, 11) is 0. The van der Waals surface area contributed by atoms with Crippen LogP contribution in [0.15, 0.2) is 18.2 Å². The molecule has 20 heavy (non-hydrogen) atoms. The first-order valence-corrected chi connectivity index (χ1v) is 7.93. The van der Waals surface area contributed by atoms with E-state index in [0.717, 1.165) is 24.6 Å². The number of hydrogen-bond acceptors (Lipinski definition) is 3. The van der Waals surface area contributed by atoms with Gasteiger partial charge in [0, 0.05) is 24.7 Å². The molecule has 2 rings (SSSR count). The number of rotatable bonds is 3. The van der Waals surface area contributed by atoms with Crippen LogP contribution in [0.3, 0.4) is 0 Å². The molecule has 0 aromatic carbocycles. The van der Waals surface area contributed by atoms with E-state index in [0.29, 0.717) is 6.04 Å². The molecule has 0 bridgehead atoms. The normalized spacial score (nSPS) is 20.8. The molecule has 1 atom stereocenters. The second kappa shape index (κ2) is 6.57. The van der Waals surface area contributed by atoms with Crippen LogP contribution in [-0.4, -0.2) is 23.1 Å². The highest BCUT2D eigenvalue weighted by molar-refractivity contribution is 5.40. The molecule has 112 valence electrons. The van der Waals surface area contributed by atoms with Crippen LogP contribution in [0.5, 0.6) is 0 Å². The minimum Gasteiger partial charge on any atom is -0.354 e. The van der Waals surface area contributed by atoms with Crippen LogP contribution >= 0.6 is 0 Å². The van der Waals surface area contributed by atoms with Crippen molar-refractivity contribution in [3.05, 3.63) is 23.9 Å². The summed E-state index contributed by atoms with van der Waals surface area (Å²) < 4.78 is 0. The third-order valence-electron chi connectivity index (χ3n) is 3.94. The Morgan fingerprint density at radius 3 is 2.80 bits per heavy atom. The monoisotopic (exact) mass is 275 g/mol. The van der Waals surface area contributed by atoms with E-state index in [1.807, 2.05) is 0 Å². The van der Waals surface area contributed by atoms with Gasteiger partial charge in [0.25, 0.3) is 0 Å². The highest BCUT2D eigenvalue weighted by atomic mass is 15.2. The van der Waals surface area contributed by atoms with Crippen LogP contribution in [0.1, 0.15) is 59.1 Å². The maximum atomic E-state index is 4.85. The van der Waals surface area contributed by atoms with Crippen molar-refractivity contribution < 1.29 is 0 Å². The Labute approximate surface area is 123 Å². The average Bonchev–Trinajstić information content (AvgIpc) is 2.61. The Balaban J connectivity index is 2.08. The zero-order valence-corrected chi connectivity index (χ0v) is 13.4. The molecular formula is C17H29N3. The summed E-state index contributed by atoms with van der Waals surface area (Å²) in [5, 5.41) is 3.51. The second-order valence-corrected chi connectivity index (χ2v) is 6.98. The topological polar surface area (TPSA) is 28.2 Å². The van der Waals surface area contributed by atoms with Gasteiger partial charge < -0.3 is 10.2 Å². The molecule has 1 aromatic rings. The minimum absolute atomic E-state index is 0.133. The Kier molecular flexibility index (Phi) is 5.03. The molecule has 0 radical (unpaired) electrons. The summed E-state index contributed by atoms with van der Waals surface area (Å²) in [4.78, 5) is 7.33. The van der Waals surface area contributed by atoms with Crippen molar-refractivity contribution in [3.63, 3.8) is 0 Å². The molecule has 1 unspecified atom stereocenters. The lowest BCUT2D eigenvalue weighted by molar-refractivity contribution is 0.421. The van der Waals surface area contributed by atoms with Gasteiger partial charge in [-0.2, -0.15) is 0 Å². The summed E-state index contributed by atoms with van der Waals surface area (Å²) in [6.45, 7) is 10.9. The van der Waals surface area contributed by atoms with E-state index in [9.17, 15) is 0 Å². The van der Waals surface area contributed by atoms with Crippen LogP contribution in [-0.2, 0) is 6.54 Å². The molecule has 1 fully saturated rings. The van der Waals surface area contributed by atoms with E-state index in [1.54, 1.807) is 0 Å². The van der Waals surface area contributed by atoms with Gasteiger partial charge in [-0.05, 0) is 52.7 Å². The molecule has 3 heteroatoms. The number of hydrogen-bond donors (Lipinski definition) is 1. The van der Waals surface area contributed by atoms with E-state index < -0.39 is 0 Å². The smallest absolute Gasteiger partial charge is 0.129 e. The van der Waals surface area contributed by atoms with Crippen molar-refractivity contribution in [1.82, 2.24) is 10.3 Å². The fourth-order valence-electron chi connectivity index (χ4n) is 2.70. The highest BCUT2D eigenvalue weighted by Gasteiger charge is 2.18. The first-order valence-electron chi connectivity index (χ1n) is 7.93. The molecule has 1 aliphatic rings. The Morgan fingerprint density at radius 2 is 2.05 bits per heavy atom. The zero-order chi connectivity index (χ0) is 14.6. The fraction of sp³-hybridized carbons (Fsp3) is 0.706. The van der Waals surface area contributed by atoms with Gasteiger partial charge in [-0.25, -0.2) is 4.98 Å². The number of nitrogens with one attached hydrogen (secondary N) is 1. The van der Waals surface area contributed by atoms with Crippen LogP contribution in [0, 0.1) is 0 Å². The molecule has 1 aliphatic heterocycles. The van der Waals surface area contributed by atoms with Crippen molar-refractivity contribution in [3.8, 4) is 0 Å². The zero-order valence-electron chi connectivity index (χ0n) is 13.4. The van der Waals surface area contributed by atoms with Crippen LogP contribution in [0.4, 0.5) is 5.82 Å². The molecule has 1 N–H and O–H groups in total. The average molecular weight is 275 g/mol. The number of nitrogens with zero attached hydrogens (tertiary/aromatic N) is 2.